The second-order valence-electron chi connectivity index (χ2n) is 3.95. The van der Waals surface area contributed by atoms with Crippen LogP contribution < -0.4 is 10.6 Å². The minimum atomic E-state index is -0.0583. The number of hydrogen-bond donors (Lipinski definition) is 2. The first-order chi connectivity index (χ1) is 7.77. The number of rotatable bonds is 6. The Morgan fingerprint density at radius 1 is 1.56 bits per heavy atom. The smallest absolute Gasteiger partial charge is 0.234 e. The topological polar surface area (TPSA) is 74.2 Å². The van der Waals surface area contributed by atoms with Gasteiger partial charge in [0.05, 0.1) is 25.1 Å². The Morgan fingerprint density at radius 3 is 3.06 bits per heavy atom. The summed E-state index contributed by atoms with van der Waals surface area (Å²) in [7, 11) is 1.71. The predicted molar refractivity (Wildman–Crippen MR) is 59.7 cm³/mol. The summed E-state index contributed by atoms with van der Waals surface area (Å²) in [5.41, 5.74) is 0. The van der Waals surface area contributed by atoms with Crippen molar-refractivity contribution in [1.29, 1.82) is 5.26 Å². The first-order valence-electron chi connectivity index (χ1n) is 5.67. The van der Waals surface area contributed by atoms with E-state index >= 15 is 0 Å². The van der Waals surface area contributed by atoms with Gasteiger partial charge in [0, 0.05) is 19.7 Å². The molecule has 0 saturated heterocycles. The molecular formula is C11H19N3O2. The average molecular weight is 225 g/mol. The van der Waals surface area contributed by atoms with Crippen LogP contribution in [0.2, 0.25) is 0 Å². The molecule has 0 aliphatic heterocycles. The van der Waals surface area contributed by atoms with E-state index in [0.29, 0.717) is 19.5 Å². The minimum absolute atomic E-state index is 0.0583. The molecule has 0 bridgehead atoms. The number of nitrogens with one attached hydrogen (secondary N) is 2. The van der Waals surface area contributed by atoms with E-state index in [9.17, 15) is 4.79 Å². The van der Waals surface area contributed by atoms with Crippen molar-refractivity contribution in [3.63, 3.8) is 0 Å². The highest BCUT2D eigenvalue weighted by Crippen LogP contribution is 2.21. The molecule has 90 valence electrons. The van der Waals surface area contributed by atoms with Crippen LogP contribution in [-0.2, 0) is 9.53 Å². The van der Waals surface area contributed by atoms with Gasteiger partial charge in [-0.15, -0.1) is 0 Å². The molecule has 0 aromatic carbocycles. The van der Waals surface area contributed by atoms with Gasteiger partial charge in [0.25, 0.3) is 0 Å². The maximum atomic E-state index is 11.3. The fourth-order valence-electron chi connectivity index (χ4n) is 1.99. The van der Waals surface area contributed by atoms with E-state index in [1.165, 1.54) is 0 Å². The summed E-state index contributed by atoms with van der Waals surface area (Å²) in [4.78, 5) is 11.3. The van der Waals surface area contributed by atoms with E-state index in [2.05, 4.69) is 10.6 Å². The highest BCUT2D eigenvalue weighted by atomic mass is 16.5. The van der Waals surface area contributed by atoms with E-state index in [1.807, 2.05) is 6.07 Å². The molecule has 5 heteroatoms. The zero-order valence-corrected chi connectivity index (χ0v) is 9.66. The molecule has 0 radical (unpaired) electrons. The van der Waals surface area contributed by atoms with Crippen molar-refractivity contribution >= 4 is 5.91 Å². The predicted octanol–water partition coefficient (Wildman–Crippen LogP) is 0.173. The van der Waals surface area contributed by atoms with Crippen LogP contribution in [-0.4, -0.2) is 38.3 Å². The van der Waals surface area contributed by atoms with Crippen LogP contribution in [0.3, 0.4) is 0 Å². The molecule has 0 aromatic rings. The molecule has 1 rings (SSSR count). The maximum absolute atomic E-state index is 11.3. The van der Waals surface area contributed by atoms with Crippen LogP contribution in [0.1, 0.15) is 25.7 Å². The SMILES string of the molecule is COC1CCCC1NCC(=O)NCCC#N. The Balaban J connectivity index is 2.14. The number of nitrogens with zero attached hydrogens (tertiary/aromatic N) is 1. The molecule has 1 saturated carbocycles. The van der Waals surface area contributed by atoms with Gasteiger partial charge < -0.3 is 15.4 Å². The average Bonchev–Trinajstić information content (AvgIpc) is 2.74. The Hall–Kier alpha value is -1.12. The molecule has 0 heterocycles. The van der Waals surface area contributed by atoms with Crippen molar-refractivity contribution in [3.8, 4) is 6.07 Å². The Labute approximate surface area is 96.2 Å². The van der Waals surface area contributed by atoms with Crippen molar-refractivity contribution in [2.24, 2.45) is 0 Å². The van der Waals surface area contributed by atoms with E-state index < -0.39 is 0 Å². The molecule has 0 aromatic heterocycles. The number of amides is 1. The normalized spacial score (nSPS) is 24.0. The fourth-order valence-corrected chi connectivity index (χ4v) is 1.99. The lowest BCUT2D eigenvalue weighted by atomic mass is 10.2. The number of hydrogen-bond acceptors (Lipinski definition) is 4. The summed E-state index contributed by atoms with van der Waals surface area (Å²) in [6.07, 6.45) is 3.85. The van der Waals surface area contributed by atoms with Crippen LogP contribution in [0, 0.1) is 11.3 Å². The van der Waals surface area contributed by atoms with Crippen LogP contribution in [0.25, 0.3) is 0 Å². The summed E-state index contributed by atoms with van der Waals surface area (Å²) in [5.74, 6) is -0.0583. The third kappa shape index (κ3) is 4.17. The van der Waals surface area contributed by atoms with Gasteiger partial charge in [-0.2, -0.15) is 5.26 Å². The molecule has 1 aliphatic rings. The molecule has 2 N–H and O–H groups in total. The Kier molecular flexibility index (Phi) is 5.83. The lowest BCUT2D eigenvalue weighted by Crippen LogP contribution is -2.43. The second kappa shape index (κ2) is 7.20. The molecule has 0 spiro atoms. The van der Waals surface area contributed by atoms with Crippen LogP contribution >= 0.6 is 0 Å². The summed E-state index contributed by atoms with van der Waals surface area (Å²) in [6.45, 7) is 0.728. The van der Waals surface area contributed by atoms with Gasteiger partial charge in [-0.05, 0) is 19.3 Å². The lowest BCUT2D eigenvalue weighted by Gasteiger charge is -2.19. The van der Waals surface area contributed by atoms with E-state index in [0.717, 1.165) is 19.3 Å². The molecule has 2 unspecified atom stereocenters. The molecule has 5 nitrogen and oxygen atoms in total. The molecule has 1 aliphatic carbocycles. The molecular weight excluding hydrogens is 206 g/mol. The molecule has 16 heavy (non-hydrogen) atoms. The first kappa shape index (κ1) is 12.9. The highest BCUT2D eigenvalue weighted by Gasteiger charge is 2.26. The molecule has 1 fully saturated rings. The lowest BCUT2D eigenvalue weighted by molar-refractivity contribution is -0.120. The van der Waals surface area contributed by atoms with Gasteiger partial charge in [-0.3, -0.25) is 4.79 Å². The molecule has 1 amide bonds. The van der Waals surface area contributed by atoms with Crippen molar-refractivity contribution in [1.82, 2.24) is 10.6 Å². The third-order valence-electron chi connectivity index (χ3n) is 2.84. The first-order valence-corrected chi connectivity index (χ1v) is 5.67. The summed E-state index contributed by atoms with van der Waals surface area (Å²) >= 11 is 0. The fraction of sp³-hybridized carbons (Fsp3) is 0.818. The zero-order valence-electron chi connectivity index (χ0n) is 9.66. The standard InChI is InChI=1S/C11H19N3O2/c1-16-10-5-2-4-9(10)14-8-11(15)13-7-3-6-12/h9-10,14H,2-5,7-8H2,1H3,(H,13,15). The van der Waals surface area contributed by atoms with E-state index in [-0.39, 0.29) is 18.1 Å². The maximum Gasteiger partial charge on any atom is 0.234 e. The van der Waals surface area contributed by atoms with Crippen molar-refractivity contribution < 1.29 is 9.53 Å². The van der Waals surface area contributed by atoms with Crippen molar-refractivity contribution in [3.05, 3.63) is 0 Å². The monoisotopic (exact) mass is 225 g/mol. The van der Waals surface area contributed by atoms with Crippen LogP contribution in [0.5, 0.6) is 0 Å². The van der Waals surface area contributed by atoms with Gasteiger partial charge in [0.1, 0.15) is 0 Å². The second-order valence-corrected chi connectivity index (χ2v) is 3.95. The van der Waals surface area contributed by atoms with Gasteiger partial charge in [-0.1, -0.05) is 0 Å². The Morgan fingerprint density at radius 2 is 2.38 bits per heavy atom. The van der Waals surface area contributed by atoms with Crippen LogP contribution in [0.4, 0.5) is 0 Å². The largest absolute Gasteiger partial charge is 0.380 e. The third-order valence-corrected chi connectivity index (χ3v) is 2.84. The zero-order chi connectivity index (χ0) is 11.8. The number of ether oxygens (including phenoxy) is 1. The summed E-state index contributed by atoms with van der Waals surface area (Å²) < 4.78 is 5.32. The van der Waals surface area contributed by atoms with Gasteiger partial charge in [0.15, 0.2) is 0 Å². The quantitative estimate of drug-likeness (QED) is 0.632. The number of methoxy groups -OCH3 is 1. The summed E-state index contributed by atoms with van der Waals surface area (Å²) in [5, 5.41) is 14.2. The minimum Gasteiger partial charge on any atom is -0.380 e. The van der Waals surface area contributed by atoms with Crippen LogP contribution in [0.15, 0.2) is 0 Å². The van der Waals surface area contributed by atoms with Crippen molar-refractivity contribution in [2.75, 3.05) is 20.2 Å². The Bertz CT molecular complexity index is 262. The van der Waals surface area contributed by atoms with E-state index in [4.69, 9.17) is 10.00 Å². The molecule has 2 atom stereocenters. The number of carbonyl (C=O) groups excluding carboxylic acids is 1. The summed E-state index contributed by atoms with van der Waals surface area (Å²) in [6, 6.07) is 2.27. The highest BCUT2D eigenvalue weighted by molar-refractivity contribution is 5.78. The van der Waals surface area contributed by atoms with Gasteiger partial charge >= 0.3 is 0 Å². The number of nitriles is 1. The van der Waals surface area contributed by atoms with Crippen molar-refractivity contribution in [2.45, 2.75) is 37.8 Å². The van der Waals surface area contributed by atoms with Gasteiger partial charge in [0.2, 0.25) is 5.91 Å². The van der Waals surface area contributed by atoms with Gasteiger partial charge in [-0.25, -0.2) is 0 Å². The van der Waals surface area contributed by atoms with E-state index in [1.54, 1.807) is 7.11 Å². The number of carbonyl (C=O) groups is 1.